The number of carbonyl (C=O) groups is 2. The van der Waals surface area contributed by atoms with Gasteiger partial charge in [0, 0.05) is 0 Å². The van der Waals surface area contributed by atoms with Crippen molar-refractivity contribution in [2.75, 3.05) is 26.2 Å². The summed E-state index contributed by atoms with van der Waals surface area (Å²) in [7, 11) is 0. The summed E-state index contributed by atoms with van der Waals surface area (Å²) < 4.78 is 3.26. The lowest BCUT2D eigenvalue weighted by atomic mass is 10.1. The highest BCUT2D eigenvalue weighted by molar-refractivity contribution is 5.67. The largest absolute Gasteiger partial charge is 0.498 e. The van der Waals surface area contributed by atoms with Gasteiger partial charge in [0.2, 0.25) is 0 Å². The molecule has 2 rings (SSSR count). The number of pyridine rings is 2. The van der Waals surface area contributed by atoms with Crippen LogP contribution in [0.4, 0.5) is 9.59 Å². The molecule has 0 saturated heterocycles. The van der Waals surface area contributed by atoms with Crippen molar-refractivity contribution in [3.63, 3.8) is 0 Å². The number of hydrogen-bond acceptors (Lipinski definition) is 2. The van der Waals surface area contributed by atoms with E-state index in [-0.39, 0.29) is 12.1 Å². The molecule has 0 spiro atoms. The second kappa shape index (κ2) is 9.26. The van der Waals surface area contributed by atoms with Crippen molar-refractivity contribution in [1.82, 2.24) is 9.80 Å². The van der Waals surface area contributed by atoms with Crippen molar-refractivity contribution in [2.24, 2.45) is 0 Å². The van der Waals surface area contributed by atoms with Crippen LogP contribution in [0.15, 0.2) is 42.9 Å². The zero-order valence-corrected chi connectivity index (χ0v) is 17.0. The molecule has 2 aromatic rings. The fourth-order valence-electron chi connectivity index (χ4n) is 3.06. The van der Waals surface area contributed by atoms with Crippen LogP contribution >= 0.6 is 0 Å². The van der Waals surface area contributed by atoms with Gasteiger partial charge >= 0.3 is 12.1 Å². The molecule has 0 bridgehead atoms. The molecule has 0 N–H and O–H groups in total. The van der Waals surface area contributed by atoms with Crippen LogP contribution in [0.3, 0.4) is 0 Å². The first-order valence-corrected chi connectivity index (χ1v) is 9.59. The summed E-state index contributed by atoms with van der Waals surface area (Å²) in [4.78, 5) is 28.5. The molecule has 144 valence electrons. The lowest BCUT2D eigenvalue weighted by Crippen LogP contribution is -2.53. The SMILES string of the molecule is CCN(CC)C(=O)[n+]1ccc(-c2cc[n+](C(=O)N(CC)CC)c(C)c2)cc1. The fraction of sp³-hybridized carbons (Fsp3) is 0.429. The topological polar surface area (TPSA) is 48.4 Å². The number of aryl methyl sites for hydroxylation is 1. The van der Waals surface area contributed by atoms with E-state index < -0.39 is 0 Å². The molecule has 6 nitrogen and oxygen atoms in total. The van der Waals surface area contributed by atoms with E-state index in [1.807, 2.05) is 65.1 Å². The monoisotopic (exact) mass is 370 g/mol. The lowest BCUT2D eigenvalue weighted by Gasteiger charge is -2.13. The van der Waals surface area contributed by atoms with Crippen molar-refractivity contribution in [3.8, 4) is 11.1 Å². The minimum absolute atomic E-state index is 0.0141. The molecular formula is C21H30N4O2+2. The molecule has 2 aromatic heterocycles. The maximum absolute atomic E-state index is 12.6. The smallest absolute Gasteiger partial charge is 0.226 e. The molecule has 6 heteroatoms. The number of amides is 2. The summed E-state index contributed by atoms with van der Waals surface area (Å²) in [6, 6.07) is 7.73. The summed E-state index contributed by atoms with van der Waals surface area (Å²) in [6.07, 6.45) is 5.38. The maximum atomic E-state index is 12.6. The Morgan fingerprint density at radius 1 is 0.778 bits per heavy atom. The first kappa shape index (κ1) is 20.6. The van der Waals surface area contributed by atoms with Crippen molar-refractivity contribution < 1.29 is 18.7 Å². The Hall–Kier alpha value is -2.76. The van der Waals surface area contributed by atoms with E-state index in [0.29, 0.717) is 26.2 Å². The van der Waals surface area contributed by atoms with Gasteiger partial charge in [-0.3, -0.25) is 0 Å². The number of aromatic nitrogens is 2. The minimum Gasteiger partial charge on any atom is -0.226 e. The summed E-state index contributed by atoms with van der Waals surface area (Å²) >= 11 is 0. The normalized spacial score (nSPS) is 10.6. The predicted molar refractivity (Wildman–Crippen MR) is 104 cm³/mol. The van der Waals surface area contributed by atoms with Crippen LogP contribution < -0.4 is 9.13 Å². The molecule has 0 atom stereocenters. The molecule has 0 aromatic carbocycles. The number of nitrogens with zero attached hydrogens (tertiary/aromatic N) is 4. The lowest BCUT2D eigenvalue weighted by molar-refractivity contribution is -0.585. The molecule has 2 heterocycles. The van der Waals surface area contributed by atoms with Crippen molar-refractivity contribution in [1.29, 1.82) is 0 Å². The Bertz CT molecular complexity index is 794. The first-order valence-electron chi connectivity index (χ1n) is 9.59. The van der Waals surface area contributed by atoms with Gasteiger partial charge in [0.05, 0.1) is 38.6 Å². The molecule has 27 heavy (non-hydrogen) atoms. The molecule has 0 aliphatic carbocycles. The average molecular weight is 370 g/mol. The molecule has 0 radical (unpaired) electrons. The van der Waals surface area contributed by atoms with Gasteiger partial charge in [-0.2, -0.15) is 18.7 Å². The van der Waals surface area contributed by atoms with E-state index in [4.69, 9.17) is 0 Å². The van der Waals surface area contributed by atoms with Gasteiger partial charge in [0.1, 0.15) is 11.9 Å². The van der Waals surface area contributed by atoms with Gasteiger partial charge in [-0.05, 0) is 70.0 Å². The second-order valence-corrected chi connectivity index (χ2v) is 6.33. The molecular weight excluding hydrogens is 340 g/mol. The highest BCUT2D eigenvalue weighted by atomic mass is 16.2. The number of hydrogen-bond donors (Lipinski definition) is 0. The van der Waals surface area contributed by atoms with Gasteiger partial charge in [0.15, 0.2) is 0 Å². The third kappa shape index (κ3) is 4.51. The third-order valence-electron chi connectivity index (χ3n) is 4.81. The zero-order valence-electron chi connectivity index (χ0n) is 17.0. The van der Waals surface area contributed by atoms with Gasteiger partial charge in [0.25, 0.3) is 0 Å². The standard InChI is InChI=1S/C21H30N4O2/c1-6-22(7-2)20(26)24-13-10-18(11-14-24)19-12-15-25(17(5)16-19)21(27)23(8-3)9-4/h10-16H,6-9H2,1-5H3/q+2. The number of carbonyl (C=O) groups excluding carboxylic acids is 2. The highest BCUT2D eigenvalue weighted by Gasteiger charge is 2.23. The zero-order chi connectivity index (χ0) is 20.0. The molecule has 0 saturated carbocycles. The van der Waals surface area contributed by atoms with Gasteiger partial charge in [-0.25, -0.2) is 9.80 Å². The minimum atomic E-state index is -0.0292. The van der Waals surface area contributed by atoms with Gasteiger partial charge in [-0.1, -0.05) is 0 Å². The molecule has 0 unspecified atom stereocenters. The van der Waals surface area contributed by atoms with Crippen LogP contribution in [0.25, 0.3) is 11.1 Å². The molecule has 0 aliphatic rings. The first-order chi connectivity index (χ1) is 13.0. The van der Waals surface area contributed by atoms with E-state index in [1.54, 1.807) is 31.3 Å². The average Bonchev–Trinajstić information content (AvgIpc) is 2.69. The third-order valence-corrected chi connectivity index (χ3v) is 4.81. The van der Waals surface area contributed by atoms with Crippen LogP contribution in [-0.4, -0.2) is 48.0 Å². The van der Waals surface area contributed by atoms with E-state index in [9.17, 15) is 9.59 Å². The summed E-state index contributed by atoms with van der Waals surface area (Å²) in [6.45, 7) is 12.6. The predicted octanol–water partition coefficient (Wildman–Crippen LogP) is 2.86. The van der Waals surface area contributed by atoms with E-state index in [1.165, 1.54) is 0 Å². The maximum Gasteiger partial charge on any atom is 0.498 e. The van der Waals surface area contributed by atoms with Crippen molar-refractivity contribution in [2.45, 2.75) is 34.6 Å². The van der Waals surface area contributed by atoms with E-state index >= 15 is 0 Å². The molecule has 2 amide bonds. The second-order valence-electron chi connectivity index (χ2n) is 6.33. The van der Waals surface area contributed by atoms with Crippen LogP contribution in [0, 0.1) is 6.92 Å². The van der Waals surface area contributed by atoms with Crippen LogP contribution in [0.5, 0.6) is 0 Å². The summed E-state index contributed by atoms with van der Waals surface area (Å²) in [5.74, 6) is 0. The summed E-state index contributed by atoms with van der Waals surface area (Å²) in [5, 5.41) is 0. The fourth-order valence-corrected chi connectivity index (χ4v) is 3.06. The molecule has 0 aliphatic heterocycles. The number of rotatable bonds is 5. The van der Waals surface area contributed by atoms with Gasteiger partial charge in [-0.15, -0.1) is 0 Å². The Morgan fingerprint density at radius 2 is 1.26 bits per heavy atom. The quantitative estimate of drug-likeness (QED) is 0.760. The molecule has 0 fully saturated rings. The highest BCUT2D eigenvalue weighted by Crippen LogP contribution is 2.17. The Morgan fingerprint density at radius 3 is 1.74 bits per heavy atom. The Kier molecular flexibility index (Phi) is 7.05. The van der Waals surface area contributed by atoms with Crippen LogP contribution in [0.1, 0.15) is 33.4 Å². The van der Waals surface area contributed by atoms with Crippen molar-refractivity contribution in [3.05, 3.63) is 48.5 Å². The van der Waals surface area contributed by atoms with E-state index in [0.717, 1.165) is 16.8 Å². The van der Waals surface area contributed by atoms with Crippen LogP contribution in [-0.2, 0) is 0 Å². The van der Waals surface area contributed by atoms with Crippen molar-refractivity contribution >= 4 is 12.1 Å². The van der Waals surface area contributed by atoms with E-state index in [2.05, 4.69) is 0 Å². The summed E-state index contributed by atoms with van der Waals surface area (Å²) in [5.41, 5.74) is 2.89. The Balaban J connectivity index is 2.25. The Labute approximate surface area is 161 Å². The van der Waals surface area contributed by atoms with Crippen LogP contribution in [0.2, 0.25) is 0 Å². The van der Waals surface area contributed by atoms with Gasteiger partial charge < -0.3 is 0 Å².